The minimum Gasteiger partial charge on any atom is -0.481 e. The zero-order valence-corrected chi connectivity index (χ0v) is 13.5. The highest BCUT2D eigenvalue weighted by Crippen LogP contribution is 2.23. The first-order chi connectivity index (χ1) is 10.4. The summed E-state index contributed by atoms with van der Waals surface area (Å²) in [6.07, 6.45) is 2.01. The maximum Gasteiger partial charge on any atom is 0.308 e. The van der Waals surface area contributed by atoms with Crippen LogP contribution in [0.15, 0.2) is 24.3 Å². The largest absolute Gasteiger partial charge is 0.481 e. The fraction of sp³-hybridized carbons (Fsp3) is 0.500. The average Bonchev–Trinajstić information content (AvgIpc) is 2.47. The van der Waals surface area contributed by atoms with Crippen molar-refractivity contribution in [1.82, 2.24) is 5.06 Å². The number of aryl methyl sites for hydroxylation is 1. The van der Waals surface area contributed by atoms with Gasteiger partial charge < -0.3 is 5.11 Å². The van der Waals surface area contributed by atoms with Gasteiger partial charge in [-0.05, 0) is 42.9 Å². The fourth-order valence-corrected chi connectivity index (χ4v) is 2.77. The van der Waals surface area contributed by atoms with Gasteiger partial charge in [-0.25, -0.2) is 5.06 Å². The van der Waals surface area contributed by atoms with Gasteiger partial charge >= 0.3 is 5.97 Å². The van der Waals surface area contributed by atoms with E-state index in [1.54, 1.807) is 26.0 Å². The third-order valence-electron chi connectivity index (χ3n) is 3.72. The molecule has 0 aliphatic carbocycles. The Morgan fingerprint density at radius 1 is 1.32 bits per heavy atom. The number of hydrogen-bond acceptors (Lipinski definition) is 3. The van der Waals surface area contributed by atoms with E-state index in [2.05, 4.69) is 0 Å². The molecule has 0 spiro atoms. The molecule has 0 heterocycles. The van der Waals surface area contributed by atoms with E-state index in [9.17, 15) is 19.9 Å². The molecule has 0 aliphatic heterocycles. The average molecular weight is 328 g/mol. The number of hydrogen-bond donors (Lipinski definition) is 2. The summed E-state index contributed by atoms with van der Waals surface area (Å²) < 4.78 is 0. The molecule has 0 saturated carbocycles. The van der Waals surface area contributed by atoms with Gasteiger partial charge in [0.2, 0.25) is 6.41 Å². The summed E-state index contributed by atoms with van der Waals surface area (Å²) in [6, 6.07) is 6.67. The van der Waals surface area contributed by atoms with E-state index in [-0.39, 0.29) is 12.3 Å². The number of aliphatic carboxylic acids is 1. The van der Waals surface area contributed by atoms with Gasteiger partial charge in [-0.1, -0.05) is 37.6 Å². The predicted octanol–water partition coefficient (Wildman–Crippen LogP) is 3.24. The molecule has 22 heavy (non-hydrogen) atoms. The van der Waals surface area contributed by atoms with Crippen LogP contribution in [-0.4, -0.2) is 33.8 Å². The van der Waals surface area contributed by atoms with Crippen LogP contribution in [0, 0.1) is 11.8 Å². The minimum absolute atomic E-state index is 0.160. The van der Waals surface area contributed by atoms with Crippen molar-refractivity contribution in [2.45, 2.75) is 39.2 Å². The highest BCUT2D eigenvalue weighted by molar-refractivity contribution is 6.30. The maximum atomic E-state index is 11.5. The number of carboxylic acids is 1. The lowest BCUT2D eigenvalue weighted by atomic mass is 9.86. The summed E-state index contributed by atoms with van der Waals surface area (Å²) in [5, 5.41) is 20.2. The van der Waals surface area contributed by atoms with Crippen LogP contribution < -0.4 is 0 Å². The normalized spacial score (nSPS) is 13.7. The number of carbonyl (C=O) groups is 2. The number of nitrogens with zero attached hydrogens (tertiary/aromatic N) is 1. The Morgan fingerprint density at radius 3 is 2.36 bits per heavy atom. The topological polar surface area (TPSA) is 77.8 Å². The molecule has 1 rings (SSSR count). The van der Waals surface area contributed by atoms with Crippen LogP contribution in [0.2, 0.25) is 5.02 Å². The third-order valence-corrected chi connectivity index (χ3v) is 3.97. The van der Waals surface area contributed by atoms with Gasteiger partial charge in [0.25, 0.3) is 0 Å². The molecule has 2 N–H and O–H groups in total. The molecule has 122 valence electrons. The van der Waals surface area contributed by atoms with Crippen LogP contribution >= 0.6 is 11.6 Å². The van der Waals surface area contributed by atoms with E-state index in [1.807, 2.05) is 12.1 Å². The number of hydroxylamine groups is 2. The van der Waals surface area contributed by atoms with Crippen molar-refractivity contribution in [3.05, 3.63) is 34.9 Å². The van der Waals surface area contributed by atoms with Gasteiger partial charge in [-0.2, -0.15) is 0 Å². The molecule has 0 bridgehead atoms. The van der Waals surface area contributed by atoms with Crippen molar-refractivity contribution in [3.63, 3.8) is 0 Å². The van der Waals surface area contributed by atoms with E-state index >= 15 is 0 Å². The van der Waals surface area contributed by atoms with Crippen LogP contribution in [0.5, 0.6) is 0 Å². The van der Waals surface area contributed by atoms with Gasteiger partial charge in [-0.15, -0.1) is 0 Å². The van der Waals surface area contributed by atoms with Gasteiger partial charge in [0.05, 0.1) is 12.0 Å². The second-order valence-electron chi connectivity index (χ2n) is 5.68. The zero-order chi connectivity index (χ0) is 16.7. The summed E-state index contributed by atoms with van der Waals surface area (Å²) in [4.78, 5) is 22.3. The number of halogens is 1. The van der Waals surface area contributed by atoms with E-state index in [0.717, 1.165) is 12.0 Å². The van der Waals surface area contributed by atoms with Crippen LogP contribution in [0.25, 0.3) is 0 Å². The Bertz CT molecular complexity index is 489. The van der Waals surface area contributed by atoms with Crippen LogP contribution in [0.4, 0.5) is 0 Å². The summed E-state index contributed by atoms with van der Waals surface area (Å²) in [7, 11) is 0. The maximum absolute atomic E-state index is 11.5. The molecular weight excluding hydrogens is 306 g/mol. The van der Waals surface area contributed by atoms with Crippen molar-refractivity contribution >= 4 is 24.0 Å². The first-order valence-electron chi connectivity index (χ1n) is 7.26. The highest BCUT2D eigenvalue weighted by atomic mass is 35.5. The first-order valence-corrected chi connectivity index (χ1v) is 7.64. The molecule has 0 fully saturated rings. The third kappa shape index (κ3) is 5.31. The fourth-order valence-electron chi connectivity index (χ4n) is 2.64. The van der Waals surface area contributed by atoms with Crippen molar-refractivity contribution < 1.29 is 19.9 Å². The minimum atomic E-state index is -1.00. The zero-order valence-electron chi connectivity index (χ0n) is 12.8. The van der Waals surface area contributed by atoms with Gasteiger partial charge in [0, 0.05) is 5.02 Å². The van der Waals surface area contributed by atoms with Gasteiger partial charge in [-0.3, -0.25) is 14.8 Å². The Hall–Kier alpha value is -1.59. The number of rotatable bonds is 9. The van der Waals surface area contributed by atoms with E-state index in [0.29, 0.717) is 22.9 Å². The summed E-state index contributed by atoms with van der Waals surface area (Å²) >= 11 is 5.82. The summed E-state index contributed by atoms with van der Waals surface area (Å²) in [6.45, 7) is 3.57. The second-order valence-corrected chi connectivity index (χ2v) is 6.12. The molecule has 1 amide bonds. The van der Waals surface area contributed by atoms with Crippen molar-refractivity contribution in [3.8, 4) is 0 Å². The SMILES string of the molecule is CC(C)[C@@H]([C@@H](CCCc1ccc(Cl)cc1)C(=O)O)N(O)C=O. The molecule has 0 aromatic heterocycles. The number of carboxylic acid groups (broad SMARTS) is 1. The van der Waals surface area contributed by atoms with E-state index in [4.69, 9.17) is 11.6 Å². The predicted molar refractivity (Wildman–Crippen MR) is 83.8 cm³/mol. The van der Waals surface area contributed by atoms with Crippen molar-refractivity contribution in [2.24, 2.45) is 11.8 Å². The van der Waals surface area contributed by atoms with E-state index < -0.39 is 17.9 Å². The molecule has 5 nitrogen and oxygen atoms in total. The smallest absolute Gasteiger partial charge is 0.308 e. The molecule has 0 saturated heterocycles. The van der Waals surface area contributed by atoms with E-state index in [1.165, 1.54) is 0 Å². The Balaban J connectivity index is 2.69. The number of amides is 1. The Kier molecular flexibility index (Phi) is 7.35. The second kappa shape index (κ2) is 8.76. The van der Waals surface area contributed by atoms with Crippen LogP contribution in [0.1, 0.15) is 32.3 Å². The lowest BCUT2D eigenvalue weighted by Gasteiger charge is -2.31. The Labute approximate surface area is 135 Å². The molecule has 1 aromatic rings. The quantitative estimate of drug-likeness (QED) is 0.414. The van der Waals surface area contributed by atoms with Crippen molar-refractivity contribution in [1.29, 1.82) is 0 Å². The standard InChI is InChI=1S/C16H22ClNO4/c1-11(2)15(18(22)10-19)14(16(20)21)5-3-4-12-6-8-13(17)9-7-12/h6-11,14-15,22H,3-5H2,1-2H3,(H,20,21)/t14-,15+/m1/s1. The van der Waals surface area contributed by atoms with Gasteiger partial charge in [0.15, 0.2) is 0 Å². The number of carbonyl (C=O) groups excluding carboxylic acids is 1. The summed E-state index contributed by atoms with van der Waals surface area (Å²) in [5.74, 6) is -1.97. The molecule has 0 unspecified atom stereocenters. The molecule has 1 aromatic carbocycles. The van der Waals surface area contributed by atoms with Crippen molar-refractivity contribution in [2.75, 3.05) is 0 Å². The molecule has 0 aliphatic rings. The molecule has 6 heteroatoms. The molecule has 0 radical (unpaired) electrons. The first kappa shape index (κ1) is 18.5. The lowest BCUT2D eigenvalue weighted by Crippen LogP contribution is -2.44. The van der Waals surface area contributed by atoms with Crippen LogP contribution in [0.3, 0.4) is 0 Å². The Morgan fingerprint density at radius 2 is 1.91 bits per heavy atom. The highest BCUT2D eigenvalue weighted by Gasteiger charge is 2.34. The molecular formula is C16H22ClNO4. The lowest BCUT2D eigenvalue weighted by molar-refractivity contribution is -0.177. The monoisotopic (exact) mass is 327 g/mol. The van der Waals surface area contributed by atoms with Gasteiger partial charge in [0.1, 0.15) is 0 Å². The number of benzene rings is 1. The summed E-state index contributed by atoms with van der Waals surface area (Å²) in [5.41, 5.74) is 1.07. The van der Waals surface area contributed by atoms with Crippen LogP contribution in [-0.2, 0) is 16.0 Å². The molecule has 2 atom stereocenters.